The highest BCUT2D eigenvalue weighted by molar-refractivity contribution is 7.47. The smallest absolute Gasteiger partial charge is 0.391 e. The Labute approximate surface area is 322 Å². The van der Waals surface area contributed by atoms with Gasteiger partial charge in [0.15, 0.2) is 0 Å². The van der Waals surface area contributed by atoms with Gasteiger partial charge >= 0.3 is 7.82 Å². The predicted octanol–water partition coefficient (Wildman–Crippen LogP) is 12.0. The van der Waals surface area contributed by atoms with Crippen LogP contribution in [0, 0.1) is 0 Å². The number of aliphatic hydroxyl groups excluding tert-OH is 1. The molecular weight excluding hydrogens is 671 g/mol. The Morgan fingerprint density at radius 2 is 1.04 bits per heavy atom. The number of carbonyl (C=O) groups is 1. The van der Waals surface area contributed by atoms with Crippen LogP contribution in [0.15, 0.2) is 12.2 Å². The summed E-state index contributed by atoms with van der Waals surface area (Å²) in [6.07, 6.45) is 39.6. The van der Waals surface area contributed by atoms with Crippen LogP contribution < -0.4 is 5.32 Å². The first-order valence-corrected chi connectivity index (χ1v) is 23.5. The molecule has 3 N–H and O–H groups in total. The lowest BCUT2D eigenvalue weighted by Gasteiger charge is -2.26. The maximum absolute atomic E-state index is 12.8. The molecule has 0 aromatic rings. The van der Waals surface area contributed by atoms with Crippen LogP contribution in [0.2, 0.25) is 0 Å². The largest absolute Gasteiger partial charge is 0.472 e. The first-order valence-electron chi connectivity index (χ1n) is 22.1. The third kappa shape index (κ3) is 37.6. The number of phosphoric acid groups is 1. The van der Waals surface area contributed by atoms with E-state index in [1.165, 1.54) is 141 Å². The van der Waals surface area contributed by atoms with E-state index >= 15 is 0 Å². The number of unbranched alkanes of at least 4 members (excludes halogenated alkanes) is 25. The SMILES string of the molecule is CCCCCCCCCC/C=C\CCCCCCCCCCCC(=O)NC(COP(=O)(O)OCC[N+](C)(C)C)C(O)CCCCCCCCCCC. The van der Waals surface area contributed by atoms with Crippen molar-refractivity contribution in [2.45, 2.75) is 219 Å². The highest BCUT2D eigenvalue weighted by atomic mass is 31.2. The fraction of sp³-hybridized carbons (Fsp3) is 0.930. The molecule has 0 radical (unpaired) electrons. The van der Waals surface area contributed by atoms with E-state index in [1.807, 2.05) is 21.1 Å². The molecule has 9 heteroatoms. The van der Waals surface area contributed by atoms with Crippen molar-refractivity contribution in [3.63, 3.8) is 0 Å². The van der Waals surface area contributed by atoms with Crippen LogP contribution in [0.5, 0.6) is 0 Å². The third-order valence-electron chi connectivity index (χ3n) is 10.0. The molecule has 0 aliphatic carbocycles. The average molecular weight is 760 g/mol. The Morgan fingerprint density at radius 1 is 0.635 bits per heavy atom. The van der Waals surface area contributed by atoms with Crippen molar-refractivity contribution in [3.05, 3.63) is 12.2 Å². The van der Waals surface area contributed by atoms with Gasteiger partial charge in [-0.05, 0) is 38.5 Å². The molecule has 0 saturated carbocycles. The number of likely N-dealkylation sites (N-methyl/N-ethyl adjacent to an activating group) is 1. The number of allylic oxidation sites excluding steroid dienone is 2. The molecule has 310 valence electrons. The molecule has 0 fully saturated rings. The molecule has 0 aromatic carbocycles. The molecule has 0 aromatic heterocycles. The molecular formula is C43H88N2O6P+. The highest BCUT2D eigenvalue weighted by Gasteiger charge is 2.28. The molecule has 0 bridgehead atoms. The molecule has 0 saturated heterocycles. The normalized spacial score (nSPS) is 14.5. The van der Waals surface area contributed by atoms with Crippen LogP contribution in [0.1, 0.15) is 206 Å². The minimum Gasteiger partial charge on any atom is -0.391 e. The second-order valence-electron chi connectivity index (χ2n) is 16.4. The van der Waals surface area contributed by atoms with Gasteiger partial charge in [-0.25, -0.2) is 4.57 Å². The fourth-order valence-electron chi connectivity index (χ4n) is 6.45. The van der Waals surface area contributed by atoms with Gasteiger partial charge in [-0.1, -0.05) is 174 Å². The van der Waals surface area contributed by atoms with Crippen molar-refractivity contribution in [3.8, 4) is 0 Å². The summed E-state index contributed by atoms with van der Waals surface area (Å²) in [5.74, 6) is -0.148. The number of nitrogens with one attached hydrogen (secondary N) is 1. The van der Waals surface area contributed by atoms with Crippen molar-refractivity contribution in [2.24, 2.45) is 0 Å². The van der Waals surface area contributed by atoms with E-state index in [-0.39, 0.29) is 19.1 Å². The van der Waals surface area contributed by atoms with Crippen LogP contribution in [0.25, 0.3) is 0 Å². The van der Waals surface area contributed by atoms with E-state index < -0.39 is 20.0 Å². The van der Waals surface area contributed by atoms with Crippen molar-refractivity contribution < 1.29 is 32.9 Å². The summed E-state index contributed by atoms with van der Waals surface area (Å²) >= 11 is 0. The molecule has 52 heavy (non-hydrogen) atoms. The fourth-order valence-corrected chi connectivity index (χ4v) is 7.19. The third-order valence-corrected chi connectivity index (χ3v) is 11.0. The quantitative estimate of drug-likeness (QED) is 0.0249. The summed E-state index contributed by atoms with van der Waals surface area (Å²) in [6.45, 7) is 4.86. The molecule has 3 unspecified atom stereocenters. The molecule has 0 aliphatic heterocycles. The van der Waals surface area contributed by atoms with Gasteiger partial charge in [-0.2, -0.15) is 0 Å². The van der Waals surface area contributed by atoms with Gasteiger partial charge in [-0.15, -0.1) is 0 Å². The Morgan fingerprint density at radius 3 is 1.48 bits per heavy atom. The van der Waals surface area contributed by atoms with E-state index in [2.05, 4.69) is 31.3 Å². The summed E-state index contributed by atoms with van der Waals surface area (Å²) < 4.78 is 23.5. The second kappa shape index (κ2) is 35.9. The number of nitrogens with zero attached hydrogens (tertiary/aromatic N) is 1. The molecule has 1 amide bonds. The maximum atomic E-state index is 12.8. The standard InChI is InChI=1S/C43H87N2O6P/c1-6-8-10-12-14-16-17-18-19-20-21-22-23-24-25-26-27-29-31-33-35-37-43(47)44-41(40-51-52(48,49)50-39-38-45(3,4)5)42(46)36-34-32-30-28-15-13-11-9-7-2/h20-21,41-42,46H,6-19,22-40H2,1-5H3,(H-,44,47,48,49)/p+1/b21-20-. The van der Waals surface area contributed by atoms with Crippen LogP contribution >= 0.6 is 7.82 Å². The van der Waals surface area contributed by atoms with Crippen molar-refractivity contribution in [1.82, 2.24) is 5.32 Å². The van der Waals surface area contributed by atoms with Gasteiger partial charge in [0.05, 0.1) is 39.9 Å². The number of amides is 1. The Kier molecular flexibility index (Phi) is 35.4. The molecule has 0 heterocycles. The maximum Gasteiger partial charge on any atom is 0.472 e. The van der Waals surface area contributed by atoms with Gasteiger partial charge in [0.2, 0.25) is 5.91 Å². The van der Waals surface area contributed by atoms with E-state index in [0.29, 0.717) is 23.9 Å². The first-order chi connectivity index (χ1) is 25.0. The summed E-state index contributed by atoms with van der Waals surface area (Å²) in [6, 6.07) is -0.755. The van der Waals surface area contributed by atoms with Crippen molar-refractivity contribution >= 4 is 13.7 Å². The number of hydrogen-bond donors (Lipinski definition) is 3. The van der Waals surface area contributed by atoms with Crippen LogP contribution in [-0.2, 0) is 18.4 Å². The summed E-state index contributed by atoms with van der Waals surface area (Å²) in [5, 5.41) is 13.9. The van der Waals surface area contributed by atoms with Crippen molar-refractivity contribution in [2.75, 3.05) is 40.9 Å². The minimum absolute atomic E-state index is 0.0758. The van der Waals surface area contributed by atoms with E-state index in [9.17, 15) is 19.4 Å². The van der Waals surface area contributed by atoms with Crippen LogP contribution in [0.4, 0.5) is 0 Å². The number of phosphoric ester groups is 1. The number of aliphatic hydroxyl groups is 1. The van der Waals surface area contributed by atoms with E-state index in [4.69, 9.17) is 9.05 Å². The van der Waals surface area contributed by atoms with E-state index in [1.54, 1.807) is 0 Å². The second-order valence-corrected chi connectivity index (χ2v) is 17.9. The summed E-state index contributed by atoms with van der Waals surface area (Å²) in [4.78, 5) is 23.1. The van der Waals surface area contributed by atoms with Gasteiger partial charge in [0.25, 0.3) is 0 Å². The highest BCUT2D eigenvalue weighted by Crippen LogP contribution is 2.43. The van der Waals surface area contributed by atoms with Gasteiger partial charge in [0, 0.05) is 6.42 Å². The molecule has 0 spiro atoms. The Bertz CT molecular complexity index is 865. The van der Waals surface area contributed by atoms with Crippen LogP contribution in [-0.4, -0.2) is 73.4 Å². The topological polar surface area (TPSA) is 105 Å². The Hall–Kier alpha value is -0.760. The van der Waals surface area contributed by atoms with E-state index in [0.717, 1.165) is 38.5 Å². The summed E-state index contributed by atoms with van der Waals surface area (Å²) in [7, 11) is 1.62. The van der Waals surface area contributed by atoms with Gasteiger partial charge in [-0.3, -0.25) is 13.8 Å². The average Bonchev–Trinajstić information content (AvgIpc) is 3.09. The Balaban J connectivity index is 4.21. The van der Waals surface area contributed by atoms with Gasteiger partial charge < -0.3 is 19.8 Å². The molecule has 0 aliphatic rings. The number of carbonyl (C=O) groups excluding carboxylic acids is 1. The lowest BCUT2D eigenvalue weighted by molar-refractivity contribution is -0.870. The van der Waals surface area contributed by atoms with Crippen LogP contribution in [0.3, 0.4) is 0 Å². The number of rotatable bonds is 40. The zero-order valence-corrected chi connectivity index (χ0v) is 36.0. The first kappa shape index (κ1) is 51.2. The minimum atomic E-state index is -4.30. The lowest BCUT2D eigenvalue weighted by Crippen LogP contribution is -2.46. The molecule has 8 nitrogen and oxygen atoms in total. The van der Waals surface area contributed by atoms with Gasteiger partial charge in [0.1, 0.15) is 13.2 Å². The number of quaternary nitrogens is 1. The predicted molar refractivity (Wildman–Crippen MR) is 222 cm³/mol. The molecule has 3 atom stereocenters. The van der Waals surface area contributed by atoms with Crippen molar-refractivity contribution in [1.29, 1.82) is 0 Å². The lowest BCUT2D eigenvalue weighted by atomic mass is 10.0. The zero-order chi connectivity index (χ0) is 38.6. The number of hydrogen-bond acceptors (Lipinski definition) is 5. The monoisotopic (exact) mass is 760 g/mol. The molecule has 0 rings (SSSR count). The zero-order valence-electron chi connectivity index (χ0n) is 35.1. The summed E-state index contributed by atoms with van der Waals surface area (Å²) in [5.41, 5.74) is 0.